The van der Waals surface area contributed by atoms with Crippen molar-refractivity contribution in [2.75, 3.05) is 6.61 Å². The van der Waals surface area contributed by atoms with Crippen LogP contribution in [0.1, 0.15) is 85.5 Å². The van der Waals surface area contributed by atoms with Gasteiger partial charge in [-0.2, -0.15) is 0 Å². The van der Waals surface area contributed by atoms with E-state index in [2.05, 4.69) is 31.8 Å². The summed E-state index contributed by atoms with van der Waals surface area (Å²) in [4.78, 5) is 4.39. The minimum absolute atomic E-state index is 0.540. The Morgan fingerprint density at radius 1 is 1.00 bits per heavy atom. The Bertz CT molecular complexity index is 631. The molecule has 2 rings (SSSR count). The SMILES string of the molecule is CCCC[C](CCCC)(CCCC)[Sn][c]1cc2c(OCC)nccc2o1. The molecule has 0 bridgehead atoms. The Morgan fingerprint density at radius 2 is 1.62 bits per heavy atom. The van der Waals surface area contributed by atoms with Crippen LogP contribution in [0.4, 0.5) is 0 Å². The number of hydrogen-bond donors (Lipinski definition) is 0. The topological polar surface area (TPSA) is 35.3 Å². The monoisotopic (exact) mass is 465 g/mol. The second kappa shape index (κ2) is 11.2. The molecule has 2 aromatic rings. The number of rotatable bonds is 13. The van der Waals surface area contributed by atoms with Gasteiger partial charge in [0.1, 0.15) is 0 Å². The van der Waals surface area contributed by atoms with Gasteiger partial charge in [-0.05, 0) is 0 Å². The maximum absolute atomic E-state index is 6.31. The number of furan rings is 1. The van der Waals surface area contributed by atoms with Crippen LogP contribution in [0.2, 0.25) is 3.43 Å². The summed E-state index contributed by atoms with van der Waals surface area (Å²) in [6.45, 7) is 9.59. The third-order valence-corrected chi connectivity index (χ3v) is 10.2. The number of pyridine rings is 1. The molecule has 0 saturated carbocycles. The Kier molecular flexibility index (Phi) is 9.30. The molecule has 0 aliphatic rings. The van der Waals surface area contributed by atoms with Crippen molar-refractivity contribution in [3.05, 3.63) is 18.3 Å². The van der Waals surface area contributed by atoms with E-state index in [4.69, 9.17) is 9.15 Å². The van der Waals surface area contributed by atoms with Gasteiger partial charge in [-0.15, -0.1) is 0 Å². The van der Waals surface area contributed by atoms with Crippen LogP contribution >= 0.6 is 0 Å². The molecule has 0 spiro atoms. The first-order chi connectivity index (χ1) is 12.7. The van der Waals surface area contributed by atoms with Gasteiger partial charge in [0.25, 0.3) is 0 Å². The van der Waals surface area contributed by atoms with Crippen LogP contribution in [-0.2, 0) is 0 Å². The van der Waals surface area contributed by atoms with Crippen molar-refractivity contribution in [3.8, 4) is 5.88 Å². The molecule has 0 fully saturated rings. The number of unbranched alkanes of at least 4 members (excludes halogenated alkanes) is 3. The zero-order valence-corrected chi connectivity index (χ0v) is 19.9. The molecule has 0 N–H and O–H groups in total. The van der Waals surface area contributed by atoms with Crippen LogP contribution in [0.25, 0.3) is 11.0 Å². The van der Waals surface area contributed by atoms with E-state index in [0.29, 0.717) is 10.0 Å². The van der Waals surface area contributed by atoms with Crippen molar-refractivity contribution < 1.29 is 9.15 Å². The average molecular weight is 464 g/mol. The van der Waals surface area contributed by atoms with Crippen molar-refractivity contribution >= 4 is 35.9 Å². The van der Waals surface area contributed by atoms with E-state index in [0.717, 1.165) is 16.8 Å². The molecule has 2 heterocycles. The van der Waals surface area contributed by atoms with Crippen molar-refractivity contribution in [1.29, 1.82) is 0 Å². The molecule has 4 heteroatoms. The summed E-state index contributed by atoms with van der Waals surface area (Å²) in [5.41, 5.74) is 0.940. The van der Waals surface area contributed by atoms with E-state index in [1.165, 1.54) is 61.6 Å². The van der Waals surface area contributed by atoms with E-state index in [9.17, 15) is 0 Å². The van der Waals surface area contributed by atoms with Crippen molar-refractivity contribution in [3.63, 3.8) is 0 Å². The van der Waals surface area contributed by atoms with Crippen LogP contribution in [0.5, 0.6) is 5.88 Å². The number of hydrogen-bond acceptors (Lipinski definition) is 3. The molecule has 26 heavy (non-hydrogen) atoms. The van der Waals surface area contributed by atoms with Gasteiger partial charge in [0.05, 0.1) is 0 Å². The fourth-order valence-corrected chi connectivity index (χ4v) is 8.77. The summed E-state index contributed by atoms with van der Waals surface area (Å²) in [6.07, 6.45) is 13.8. The number of aromatic nitrogens is 1. The quantitative estimate of drug-likeness (QED) is 0.327. The van der Waals surface area contributed by atoms with Gasteiger partial charge < -0.3 is 0 Å². The predicted octanol–water partition coefficient (Wildman–Crippen LogP) is 6.29. The van der Waals surface area contributed by atoms with E-state index in [-0.39, 0.29) is 0 Å². The van der Waals surface area contributed by atoms with Gasteiger partial charge >= 0.3 is 170 Å². The van der Waals surface area contributed by atoms with E-state index in [1.54, 1.807) is 6.20 Å². The van der Waals surface area contributed by atoms with E-state index < -0.39 is 21.1 Å². The summed E-state index contributed by atoms with van der Waals surface area (Å²) < 4.78 is 13.8. The molecule has 0 aromatic carbocycles. The van der Waals surface area contributed by atoms with Crippen LogP contribution in [-0.4, -0.2) is 32.7 Å². The number of nitrogens with zero attached hydrogens (tertiary/aromatic N) is 1. The first kappa shape index (κ1) is 21.6. The molecule has 0 saturated heterocycles. The van der Waals surface area contributed by atoms with Crippen LogP contribution in [0.15, 0.2) is 22.7 Å². The van der Waals surface area contributed by atoms with Crippen molar-refractivity contribution in [2.45, 2.75) is 88.9 Å². The van der Waals surface area contributed by atoms with Crippen LogP contribution in [0, 0.1) is 0 Å². The summed E-state index contributed by atoms with van der Waals surface area (Å²) in [6, 6.07) is 4.23. The Labute approximate surface area is 169 Å². The number of ether oxygens (including phenoxy) is 1. The summed E-state index contributed by atoms with van der Waals surface area (Å²) >= 11 is -0.849. The van der Waals surface area contributed by atoms with Crippen molar-refractivity contribution in [2.24, 2.45) is 0 Å². The second-order valence-electron chi connectivity index (χ2n) is 7.29. The Morgan fingerprint density at radius 3 is 2.15 bits per heavy atom. The molecular formula is C22H35NO2Sn. The molecule has 0 unspecified atom stereocenters. The normalized spacial score (nSPS) is 12.0. The summed E-state index contributed by atoms with van der Waals surface area (Å²) in [5.74, 6) is 0.723. The van der Waals surface area contributed by atoms with Crippen LogP contribution < -0.4 is 8.51 Å². The van der Waals surface area contributed by atoms with Crippen molar-refractivity contribution in [1.82, 2.24) is 4.98 Å². The Hall–Kier alpha value is -0.711. The molecule has 2 radical (unpaired) electrons. The van der Waals surface area contributed by atoms with Gasteiger partial charge in [0.15, 0.2) is 0 Å². The fourth-order valence-electron chi connectivity index (χ4n) is 3.62. The van der Waals surface area contributed by atoms with Crippen LogP contribution in [0.3, 0.4) is 0 Å². The number of fused-ring (bicyclic) bond motifs is 1. The molecule has 0 atom stereocenters. The molecule has 2 aromatic heterocycles. The zero-order chi connectivity index (χ0) is 18.8. The molecule has 0 aliphatic carbocycles. The van der Waals surface area contributed by atoms with Gasteiger partial charge in [0, 0.05) is 0 Å². The zero-order valence-electron chi connectivity index (χ0n) is 17.1. The fraction of sp³-hybridized carbons (Fsp3) is 0.682. The first-order valence-corrected chi connectivity index (χ1v) is 13.3. The molecule has 0 amide bonds. The third-order valence-electron chi connectivity index (χ3n) is 5.10. The molecule has 3 nitrogen and oxygen atoms in total. The molecule has 144 valence electrons. The second-order valence-corrected chi connectivity index (χ2v) is 12.4. The van der Waals surface area contributed by atoms with E-state index in [1.807, 2.05) is 13.0 Å². The summed E-state index contributed by atoms with van der Waals surface area (Å²) in [7, 11) is 0. The minimum atomic E-state index is -0.849. The Balaban J connectivity index is 2.29. The van der Waals surface area contributed by atoms with Gasteiger partial charge in [-0.3, -0.25) is 0 Å². The standard InChI is InChI=1S/C13H27.C9H8NO2.Sn/c1-4-7-10-13(11-8-5-2)12-9-6-3;1-2-11-9-7-4-6-12-8(7)3-5-10-9;/h4-12H2,1-3H3;3-5H,2H2,1H3;. The van der Waals surface area contributed by atoms with Gasteiger partial charge in [-0.1, -0.05) is 0 Å². The first-order valence-electron chi connectivity index (χ1n) is 10.5. The van der Waals surface area contributed by atoms with Gasteiger partial charge in [-0.25, -0.2) is 0 Å². The van der Waals surface area contributed by atoms with Gasteiger partial charge in [0.2, 0.25) is 0 Å². The predicted molar refractivity (Wildman–Crippen MR) is 112 cm³/mol. The third kappa shape index (κ3) is 5.90. The van der Waals surface area contributed by atoms with E-state index >= 15 is 0 Å². The molecule has 0 aliphatic heterocycles. The average Bonchev–Trinajstić information content (AvgIpc) is 3.06. The maximum atomic E-state index is 6.31. The molecular weight excluding hydrogens is 429 g/mol. The summed E-state index contributed by atoms with van der Waals surface area (Å²) in [5, 5.41) is 1.06.